The Morgan fingerprint density at radius 3 is 1.82 bits per heavy atom. The SMILES string of the molecule is Nc1ncc(F)cc1F.O=Cc1ccccc1Cl.Oc1c(C(Nc2ncc(F)cc2F)c2ccccc2Cl)ccc2cccnc12.Oc1cccc2cccnc12. The minimum absolute atomic E-state index is 0.0574. The fourth-order valence-electron chi connectivity index (χ4n) is 5.15. The van der Waals surface area contributed by atoms with Gasteiger partial charge in [0, 0.05) is 51.4 Å². The molecule has 0 fully saturated rings. The summed E-state index contributed by atoms with van der Waals surface area (Å²) in [4.78, 5) is 25.4. The maximum atomic E-state index is 14.2. The lowest BCUT2D eigenvalue weighted by Crippen LogP contribution is -2.15. The first kappa shape index (κ1) is 41.3. The van der Waals surface area contributed by atoms with Crippen LogP contribution in [0, 0.1) is 23.3 Å². The van der Waals surface area contributed by atoms with Gasteiger partial charge in [0.1, 0.15) is 34.2 Å². The molecule has 8 rings (SSSR count). The molecule has 0 bridgehead atoms. The zero-order valence-corrected chi connectivity index (χ0v) is 30.9. The van der Waals surface area contributed by atoms with E-state index in [1.807, 2.05) is 24.3 Å². The third kappa shape index (κ3) is 10.9. The van der Waals surface area contributed by atoms with E-state index in [-0.39, 0.29) is 23.1 Å². The summed E-state index contributed by atoms with van der Waals surface area (Å²) < 4.78 is 51.6. The van der Waals surface area contributed by atoms with E-state index < -0.39 is 29.3 Å². The second-order valence-electron chi connectivity index (χ2n) is 11.7. The number of nitrogen functional groups attached to an aromatic ring is 1. The number of rotatable bonds is 5. The van der Waals surface area contributed by atoms with Crippen molar-refractivity contribution in [3.05, 3.63) is 190 Å². The first-order chi connectivity index (χ1) is 27.5. The fraction of sp³-hybridized carbons (Fsp3) is 0.0238. The number of carbonyl (C=O) groups excluding carboxylic acids is 1. The Balaban J connectivity index is 0.000000173. The number of nitrogens with zero attached hydrogens (tertiary/aromatic N) is 4. The highest BCUT2D eigenvalue weighted by Gasteiger charge is 2.23. The summed E-state index contributed by atoms with van der Waals surface area (Å²) >= 11 is 12.0. The van der Waals surface area contributed by atoms with Crippen LogP contribution in [0.25, 0.3) is 21.8 Å². The van der Waals surface area contributed by atoms with Crippen LogP contribution in [0.3, 0.4) is 0 Å². The van der Waals surface area contributed by atoms with E-state index >= 15 is 0 Å². The van der Waals surface area contributed by atoms with Crippen molar-refractivity contribution in [1.82, 2.24) is 19.9 Å². The van der Waals surface area contributed by atoms with Crippen molar-refractivity contribution < 1.29 is 32.6 Å². The van der Waals surface area contributed by atoms with Crippen LogP contribution in [-0.4, -0.2) is 36.4 Å². The maximum Gasteiger partial charge on any atom is 0.168 e. The number of para-hydroxylation sites is 1. The number of phenols is 2. The van der Waals surface area contributed by atoms with E-state index in [1.165, 1.54) is 0 Å². The monoisotopic (exact) mass is 812 g/mol. The molecular weight excluding hydrogens is 783 g/mol. The van der Waals surface area contributed by atoms with Crippen LogP contribution in [0.2, 0.25) is 10.0 Å². The van der Waals surface area contributed by atoms with E-state index in [9.17, 15) is 32.6 Å². The Morgan fingerprint density at radius 1 is 0.632 bits per heavy atom. The molecule has 0 radical (unpaired) electrons. The van der Waals surface area contributed by atoms with Gasteiger partial charge in [-0.1, -0.05) is 96.0 Å². The second-order valence-corrected chi connectivity index (χ2v) is 12.5. The normalized spacial score (nSPS) is 10.8. The molecule has 0 saturated carbocycles. The highest BCUT2D eigenvalue weighted by atomic mass is 35.5. The molecule has 57 heavy (non-hydrogen) atoms. The van der Waals surface area contributed by atoms with Crippen molar-refractivity contribution in [2.24, 2.45) is 0 Å². The Hall–Kier alpha value is -6.83. The number of anilines is 2. The molecule has 0 aliphatic carbocycles. The van der Waals surface area contributed by atoms with Crippen molar-refractivity contribution in [3.8, 4) is 11.5 Å². The summed E-state index contributed by atoms with van der Waals surface area (Å²) in [5.74, 6) is -3.44. The van der Waals surface area contributed by atoms with Gasteiger partial charge in [-0.15, -0.1) is 0 Å². The van der Waals surface area contributed by atoms with E-state index in [0.29, 0.717) is 43.8 Å². The van der Waals surface area contributed by atoms with Gasteiger partial charge in [-0.05, 0) is 35.9 Å². The average Bonchev–Trinajstić information content (AvgIpc) is 3.21. The molecule has 8 aromatic rings. The van der Waals surface area contributed by atoms with Gasteiger partial charge < -0.3 is 21.3 Å². The maximum absolute atomic E-state index is 14.2. The van der Waals surface area contributed by atoms with E-state index in [4.69, 9.17) is 28.9 Å². The van der Waals surface area contributed by atoms with Crippen LogP contribution in [0.5, 0.6) is 11.5 Å². The van der Waals surface area contributed by atoms with Crippen LogP contribution in [-0.2, 0) is 0 Å². The zero-order chi connectivity index (χ0) is 40.9. The van der Waals surface area contributed by atoms with Crippen LogP contribution in [0.4, 0.5) is 29.2 Å². The average molecular weight is 814 g/mol. The van der Waals surface area contributed by atoms with E-state index in [0.717, 1.165) is 35.5 Å². The van der Waals surface area contributed by atoms with Crippen LogP contribution >= 0.6 is 23.2 Å². The second kappa shape index (κ2) is 19.7. The van der Waals surface area contributed by atoms with Gasteiger partial charge in [0.15, 0.2) is 29.6 Å². The van der Waals surface area contributed by atoms with Crippen LogP contribution in [0.1, 0.15) is 27.5 Å². The molecule has 0 spiro atoms. The molecule has 4 heterocycles. The van der Waals surface area contributed by atoms with Crippen molar-refractivity contribution in [1.29, 1.82) is 0 Å². The van der Waals surface area contributed by atoms with Gasteiger partial charge in [-0.3, -0.25) is 14.8 Å². The molecule has 0 saturated heterocycles. The lowest BCUT2D eigenvalue weighted by atomic mass is 9.96. The fourth-order valence-corrected chi connectivity index (χ4v) is 5.58. The third-order valence-electron chi connectivity index (χ3n) is 7.88. The van der Waals surface area contributed by atoms with E-state index in [1.54, 1.807) is 91.3 Å². The summed E-state index contributed by atoms with van der Waals surface area (Å²) in [5, 5.41) is 25.7. The number of pyridine rings is 4. The Labute approximate surface area is 333 Å². The van der Waals surface area contributed by atoms with Crippen molar-refractivity contribution >= 4 is 62.9 Å². The molecule has 5 N–H and O–H groups in total. The number of phenolic OH excluding ortho intramolecular Hbond substituents is 2. The number of hydrogen-bond donors (Lipinski definition) is 4. The minimum atomic E-state index is -0.851. The molecule has 9 nitrogen and oxygen atoms in total. The van der Waals surface area contributed by atoms with E-state index in [2.05, 4.69) is 25.3 Å². The number of hydrogen-bond acceptors (Lipinski definition) is 9. The number of halogens is 6. The van der Waals surface area contributed by atoms with Gasteiger partial charge in [-0.2, -0.15) is 0 Å². The Kier molecular flexibility index (Phi) is 14.3. The lowest BCUT2D eigenvalue weighted by Gasteiger charge is -2.23. The largest absolute Gasteiger partial charge is 0.506 e. The van der Waals surface area contributed by atoms with Crippen molar-refractivity contribution in [2.75, 3.05) is 11.1 Å². The number of nitrogens with two attached hydrogens (primary N) is 1. The molecule has 1 atom stereocenters. The minimum Gasteiger partial charge on any atom is -0.506 e. The third-order valence-corrected chi connectivity index (χ3v) is 8.56. The predicted molar refractivity (Wildman–Crippen MR) is 213 cm³/mol. The summed E-state index contributed by atoms with van der Waals surface area (Å²) in [7, 11) is 0. The summed E-state index contributed by atoms with van der Waals surface area (Å²) in [6.45, 7) is 0. The first-order valence-corrected chi connectivity index (χ1v) is 17.4. The highest BCUT2D eigenvalue weighted by Crippen LogP contribution is 2.38. The molecule has 288 valence electrons. The van der Waals surface area contributed by atoms with Gasteiger partial charge in [0.2, 0.25) is 0 Å². The van der Waals surface area contributed by atoms with Gasteiger partial charge >= 0.3 is 0 Å². The van der Waals surface area contributed by atoms with Gasteiger partial charge in [0.05, 0.1) is 23.5 Å². The number of aromatic hydroxyl groups is 2. The molecular formula is C42H30Cl2F4N6O3. The quantitative estimate of drug-likeness (QED) is 0.0985. The van der Waals surface area contributed by atoms with Crippen LogP contribution < -0.4 is 11.1 Å². The molecule has 0 aliphatic heterocycles. The summed E-state index contributed by atoms with van der Waals surface area (Å²) in [6.07, 6.45) is 5.75. The Bertz CT molecular complexity index is 2630. The highest BCUT2D eigenvalue weighted by molar-refractivity contribution is 6.33. The number of fused-ring (bicyclic) bond motifs is 2. The standard InChI is InChI=1S/C21H14ClF2N3O.C9H7NO.C7H5ClO.C5H4F2N2/c22-16-6-2-1-5-14(16)19(27-21-17(24)10-13(23)11-26-21)15-8-7-12-4-3-9-25-18(12)20(15)28;11-8-5-1-3-7-4-2-6-10-9(7)8;8-7-4-2-1-3-6(7)5-9;6-3-1-4(7)5(8)9-2-3/h1-11,19,28H,(H,26,27);1-6,11H;1-5H;1-2H,(H2,8,9). The number of nitrogens with one attached hydrogen (secondary N) is 1. The molecule has 1 unspecified atom stereocenters. The topological polar surface area (TPSA) is 147 Å². The zero-order valence-electron chi connectivity index (χ0n) is 29.4. The molecule has 0 amide bonds. The molecule has 0 aliphatic rings. The predicted octanol–water partition coefficient (Wildman–Crippen LogP) is 10.5. The summed E-state index contributed by atoms with van der Waals surface area (Å²) in [6, 6.07) is 30.8. The van der Waals surface area contributed by atoms with Gasteiger partial charge in [0.25, 0.3) is 0 Å². The Morgan fingerprint density at radius 2 is 1.23 bits per heavy atom. The van der Waals surface area contributed by atoms with Gasteiger partial charge in [-0.25, -0.2) is 27.5 Å². The van der Waals surface area contributed by atoms with Crippen molar-refractivity contribution in [3.63, 3.8) is 0 Å². The number of aromatic nitrogens is 4. The molecule has 4 aromatic heterocycles. The molecule has 15 heteroatoms. The number of benzene rings is 4. The smallest absolute Gasteiger partial charge is 0.168 e. The number of carbonyl (C=O) groups is 1. The molecule has 4 aromatic carbocycles. The van der Waals surface area contributed by atoms with Crippen molar-refractivity contribution in [2.45, 2.75) is 6.04 Å². The lowest BCUT2D eigenvalue weighted by molar-refractivity contribution is 0.112. The number of aldehydes is 1. The van der Waals surface area contributed by atoms with Crippen LogP contribution in [0.15, 0.2) is 140 Å². The first-order valence-electron chi connectivity index (χ1n) is 16.6. The summed E-state index contributed by atoms with van der Waals surface area (Å²) in [5.41, 5.74) is 7.58.